The highest BCUT2D eigenvalue weighted by Crippen LogP contribution is 2.12. The summed E-state index contributed by atoms with van der Waals surface area (Å²) in [6.45, 7) is 8.36. The van der Waals surface area contributed by atoms with E-state index in [-0.39, 0.29) is 0 Å². The minimum atomic E-state index is 1.16. The fourth-order valence-corrected chi connectivity index (χ4v) is 1.58. The minimum Gasteiger partial charge on any atom is -0.304 e. The third-order valence-electron chi connectivity index (χ3n) is 1.69. The van der Waals surface area contributed by atoms with Gasteiger partial charge in [-0.2, -0.15) is 0 Å². The van der Waals surface area contributed by atoms with Crippen LogP contribution in [0.4, 0.5) is 0 Å². The zero-order chi connectivity index (χ0) is 7.40. The van der Waals surface area contributed by atoms with E-state index in [2.05, 4.69) is 22.8 Å². The Hall–Kier alpha value is 0.01000. The molecule has 0 aromatic carbocycles. The lowest BCUT2D eigenvalue weighted by atomic mass is 10.4. The van der Waals surface area contributed by atoms with Crippen molar-refractivity contribution in [2.45, 2.75) is 0 Å². The van der Waals surface area contributed by atoms with Crippen molar-refractivity contribution >= 4 is 11.9 Å². The minimum absolute atomic E-state index is 1.16. The van der Waals surface area contributed by atoms with E-state index in [0.717, 1.165) is 13.1 Å². The highest BCUT2D eigenvalue weighted by molar-refractivity contribution is 7.99. The molecule has 1 fully saturated rings. The van der Waals surface area contributed by atoms with Gasteiger partial charge in [0.1, 0.15) is 0 Å². The Bertz CT molecular complexity index is 108. The molecular weight excluding hydrogens is 144 g/mol. The van der Waals surface area contributed by atoms with E-state index in [9.17, 15) is 0 Å². The molecule has 0 atom stereocenters. The molecule has 1 rings (SSSR count). The highest BCUT2D eigenvalue weighted by Gasteiger charge is 2.11. The zero-order valence-corrected chi connectivity index (χ0v) is 7.23. The predicted octanol–water partition coefficient (Wildman–Crippen LogP) is 1.03. The van der Waals surface area contributed by atoms with Crippen LogP contribution in [-0.4, -0.2) is 42.4 Å². The molecule has 1 aliphatic heterocycles. The van der Waals surface area contributed by atoms with Gasteiger partial charge in [-0.15, -0.1) is 0 Å². The largest absolute Gasteiger partial charge is 0.304 e. The van der Waals surface area contributed by atoms with Crippen molar-refractivity contribution in [3.05, 3.63) is 12.0 Å². The molecule has 0 unspecified atom stereocenters. The van der Waals surface area contributed by atoms with Crippen LogP contribution >= 0.6 is 11.9 Å². The van der Waals surface area contributed by atoms with Gasteiger partial charge in [-0.05, 0) is 12.5 Å². The van der Waals surface area contributed by atoms with E-state index in [1.807, 2.05) is 5.41 Å². The Labute approximate surface area is 67.0 Å². The summed E-state index contributed by atoms with van der Waals surface area (Å²) in [6.07, 6.45) is 0. The van der Waals surface area contributed by atoms with Crippen molar-refractivity contribution in [2.75, 3.05) is 33.2 Å². The van der Waals surface area contributed by atoms with Crippen LogP contribution in [0.15, 0.2) is 12.0 Å². The third-order valence-corrected chi connectivity index (χ3v) is 2.50. The molecule has 0 amide bonds. The summed E-state index contributed by atoms with van der Waals surface area (Å²) in [5.41, 5.74) is 0. The lowest BCUT2D eigenvalue weighted by Crippen LogP contribution is -2.40. The molecule has 0 aromatic rings. The van der Waals surface area contributed by atoms with Crippen LogP contribution in [0.1, 0.15) is 0 Å². The van der Waals surface area contributed by atoms with E-state index < -0.39 is 0 Å². The molecule has 2 nitrogen and oxygen atoms in total. The number of nitrogens with zero attached hydrogens (tertiary/aromatic N) is 2. The quantitative estimate of drug-likeness (QED) is 0.554. The van der Waals surface area contributed by atoms with E-state index in [0.29, 0.717) is 0 Å². The van der Waals surface area contributed by atoms with Crippen LogP contribution in [0, 0.1) is 0 Å². The maximum Gasteiger partial charge on any atom is 0.0221 e. The van der Waals surface area contributed by atoms with Gasteiger partial charge in [-0.25, -0.2) is 4.31 Å². The van der Waals surface area contributed by atoms with Gasteiger partial charge in [0, 0.05) is 26.2 Å². The van der Waals surface area contributed by atoms with Crippen molar-refractivity contribution in [3.63, 3.8) is 0 Å². The first-order valence-corrected chi connectivity index (χ1v) is 4.38. The summed E-state index contributed by atoms with van der Waals surface area (Å²) < 4.78 is 2.34. The molecule has 0 N–H and O–H groups in total. The molecule has 10 heavy (non-hydrogen) atoms. The fourth-order valence-electron chi connectivity index (χ4n) is 0.999. The second-order valence-electron chi connectivity index (χ2n) is 2.50. The second-order valence-corrected chi connectivity index (χ2v) is 3.56. The summed E-state index contributed by atoms with van der Waals surface area (Å²) >= 11 is 1.72. The van der Waals surface area contributed by atoms with Crippen molar-refractivity contribution < 1.29 is 0 Å². The Morgan fingerprint density at radius 1 is 1.30 bits per heavy atom. The average molecular weight is 158 g/mol. The molecule has 3 heteroatoms. The first kappa shape index (κ1) is 8.11. The highest BCUT2D eigenvalue weighted by atomic mass is 32.2. The molecule has 0 aliphatic carbocycles. The smallest absolute Gasteiger partial charge is 0.0221 e. The van der Waals surface area contributed by atoms with E-state index >= 15 is 0 Å². The average Bonchev–Trinajstić information content (AvgIpc) is 1.95. The lowest BCUT2D eigenvalue weighted by Gasteiger charge is -2.30. The molecule has 0 aromatic heterocycles. The Kier molecular flexibility index (Phi) is 3.25. The number of rotatable bonds is 2. The van der Waals surface area contributed by atoms with Crippen molar-refractivity contribution in [3.8, 4) is 0 Å². The normalized spacial score (nSPS) is 22.9. The molecule has 1 aliphatic rings. The van der Waals surface area contributed by atoms with Crippen LogP contribution in [0.5, 0.6) is 0 Å². The Morgan fingerprint density at radius 2 is 1.90 bits per heavy atom. The van der Waals surface area contributed by atoms with Gasteiger partial charge in [0.15, 0.2) is 0 Å². The SMILES string of the molecule is C=CSN1CCN(C)CC1. The summed E-state index contributed by atoms with van der Waals surface area (Å²) in [5.74, 6) is 0. The van der Waals surface area contributed by atoms with Crippen LogP contribution in [0.2, 0.25) is 0 Å². The van der Waals surface area contributed by atoms with Crippen LogP contribution in [0.3, 0.4) is 0 Å². The molecule has 0 radical (unpaired) electrons. The van der Waals surface area contributed by atoms with Crippen LogP contribution < -0.4 is 0 Å². The van der Waals surface area contributed by atoms with E-state index in [1.165, 1.54) is 13.1 Å². The first-order valence-electron chi connectivity index (χ1n) is 3.54. The molecule has 58 valence electrons. The Morgan fingerprint density at radius 3 is 2.40 bits per heavy atom. The zero-order valence-electron chi connectivity index (χ0n) is 6.42. The van der Waals surface area contributed by atoms with Gasteiger partial charge in [-0.1, -0.05) is 18.5 Å². The number of piperazine rings is 1. The second kappa shape index (κ2) is 4.01. The summed E-state index contributed by atoms with van der Waals surface area (Å²) in [7, 11) is 2.16. The summed E-state index contributed by atoms with van der Waals surface area (Å²) in [6, 6.07) is 0. The summed E-state index contributed by atoms with van der Waals surface area (Å²) in [4.78, 5) is 2.35. The van der Waals surface area contributed by atoms with Crippen LogP contribution in [0.25, 0.3) is 0 Å². The molecule has 1 saturated heterocycles. The molecular formula is C7H14N2S. The van der Waals surface area contributed by atoms with Gasteiger partial charge in [-0.3, -0.25) is 0 Å². The molecule has 0 spiro atoms. The van der Waals surface area contributed by atoms with Crippen molar-refractivity contribution in [2.24, 2.45) is 0 Å². The predicted molar refractivity (Wildman–Crippen MR) is 46.9 cm³/mol. The van der Waals surface area contributed by atoms with Gasteiger partial charge < -0.3 is 4.90 Å². The number of hydrogen-bond acceptors (Lipinski definition) is 3. The van der Waals surface area contributed by atoms with Crippen molar-refractivity contribution in [1.29, 1.82) is 0 Å². The maximum absolute atomic E-state index is 3.68. The number of likely N-dealkylation sites (N-methyl/N-ethyl adjacent to an activating group) is 1. The number of hydrogen-bond donors (Lipinski definition) is 0. The lowest BCUT2D eigenvalue weighted by molar-refractivity contribution is 0.234. The van der Waals surface area contributed by atoms with Gasteiger partial charge >= 0.3 is 0 Å². The van der Waals surface area contributed by atoms with E-state index in [1.54, 1.807) is 11.9 Å². The molecule has 1 heterocycles. The standard InChI is InChI=1S/C7H14N2S/c1-3-10-9-6-4-8(2)5-7-9/h3H,1,4-7H2,2H3. The van der Waals surface area contributed by atoms with Crippen LogP contribution in [-0.2, 0) is 0 Å². The van der Waals surface area contributed by atoms with E-state index in [4.69, 9.17) is 0 Å². The topological polar surface area (TPSA) is 6.48 Å². The maximum atomic E-state index is 3.68. The fraction of sp³-hybridized carbons (Fsp3) is 0.714. The van der Waals surface area contributed by atoms with Crippen molar-refractivity contribution in [1.82, 2.24) is 9.21 Å². The Balaban J connectivity index is 2.19. The summed E-state index contributed by atoms with van der Waals surface area (Å²) in [5, 5.41) is 1.89. The first-order chi connectivity index (χ1) is 4.83. The molecule has 0 bridgehead atoms. The van der Waals surface area contributed by atoms with Gasteiger partial charge in [0.25, 0.3) is 0 Å². The monoisotopic (exact) mass is 158 g/mol. The molecule has 0 saturated carbocycles. The third kappa shape index (κ3) is 2.33. The van der Waals surface area contributed by atoms with Gasteiger partial charge in [0.05, 0.1) is 0 Å². The van der Waals surface area contributed by atoms with Gasteiger partial charge in [0.2, 0.25) is 0 Å².